The number of nitrogens with one attached hydrogen (secondary N) is 1. The highest BCUT2D eigenvalue weighted by molar-refractivity contribution is 6.31. The lowest BCUT2D eigenvalue weighted by Crippen LogP contribution is -2.18. The van der Waals surface area contributed by atoms with Crippen molar-refractivity contribution in [3.63, 3.8) is 0 Å². The summed E-state index contributed by atoms with van der Waals surface area (Å²) in [5, 5.41) is 3.83. The molecule has 0 amide bonds. The molecule has 1 atom stereocenters. The number of hydrogen-bond donors (Lipinski definition) is 1. The molecular formula is C14H15ClN4. The zero-order valence-electron chi connectivity index (χ0n) is 10.8. The standard InChI is InChI=1S/C14H15ClN4/c1-3-12(15)8-11-4-5-13(18-10(11)2)19-14-9-16-6-7-17-14/h3-10H,1-2H3,(H,17,18,19)/b11-8-,12-3+. The van der Waals surface area contributed by atoms with E-state index in [-0.39, 0.29) is 6.04 Å². The summed E-state index contributed by atoms with van der Waals surface area (Å²) in [6, 6.07) is 0.0536. The van der Waals surface area contributed by atoms with E-state index in [4.69, 9.17) is 11.6 Å². The Morgan fingerprint density at radius 3 is 2.84 bits per heavy atom. The average Bonchev–Trinajstić information content (AvgIpc) is 2.43. The van der Waals surface area contributed by atoms with Gasteiger partial charge in [-0.1, -0.05) is 23.8 Å². The van der Waals surface area contributed by atoms with Crippen molar-refractivity contribution < 1.29 is 0 Å². The number of allylic oxidation sites excluding steroid dienone is 3. The Kier molecular flexibility index (Phi) is 4.47. The molecule has 5 heteroatoms. The first-order valence-electron chi connectivity index (χ1n) is 6.01. The third-order valence-electron chi connectivity index (χ3n) is 2.65. The van der Waals surface area contributed by atoms with Gasteiger partial charge in [-0.25, -0.2) is 4.98 Å². The van der Waals surface area contributed by atoms with Crippen molar-refractivity contribution in [2.24, 2.45) is 4.99 Å². The highest BCUT2D eigenvalue weighted by Gasteiger charge is 2.11. The predicted molar refractivity (Wildman–Crippen MR) is 79.4 cm³/mol. The van der Waals surface area contributed by atoms with Crippen LogP contribution in [0, 0.1) is 0 Å². The summed E-state index contributed by atoms with van der Waals surface area (Å²) in [7, 11) is 0. The topological polar surface area (TPSA) is 50.2 Å². The Morgan fingerprint density at radius 1 is 1.37 bits per heavy atom. The maximum Gasteiger partial charge on any atom is 0.149 e. The summed E-state index contributed by atoms with van der Waals surface area (Å²) < 4.78 is 0. The van der Waals surface area contributed by atoms with Crippen molar-refractivity contribution >= 4 is 23.3 Å². The molecule has 0 radical (unpaired) electrons. The molecule has 0 spiro atoms. The smallest absolute Gasteiger partial charge is 0.149 e. The second kappa shape index (κ2) is 6.29. The van der Waals surface area contributed by atoms with Crippen molar-refractivity contribution in [1.82, 2.24) is 9.97 Å². The van der Waals surface area contributed by atoms with Crippen molar-refractivity contribution in [3.8, 4) is 0 Å². The van der Waals surface area contributed by atoms with Crippen LogP contribution < -0.4 is 5.32 Å². The minimum Gasteiger partial charge on any atom is -0.324 e. The Morgan fingerprint density at radius 2 is 2.21 bits per heavy atom. The van der Waals surface area contributed by atoms with E-state index in [0.717, 1.165) is 11.4 Å². The molecule has 0 saturated heterocycles. The van der Waals surface area contributed by atoms with Crippen molar-refractivity contribution in [3.05, 3.63) is 53.5 Å². The number of anilines is 1. The van der Waals surface area contributed by atoms with Crippen LogP contribution in [0.3, 0.4) is 0 Å². The van der Waals surface area contributed by atoms with Gasteiger partial charge >= 0.3 is 0 Å². The fourth-order valence-corrected chi connectivity index (χ4v) is 1.75. The first-order valence-corrected chi connectivity index (χ1v) is 6.39. The summed E-state index contributed by atoms with van der Waals surface area (Å²) >= 11 is 6.00. The minimum absolute atomic E-state index is 0.0536. The van der Waals surface area contributed by atoms with Crippen LogP contribution in [-0.2, 0) is 0 Å². The van der Waals surface area contributed by atoms with E-state index < -0.39 is 0 Å². The third-order valence-corrected chi connectivity index (χ3v) is 2.98. The molecule has 1 unspecified atom stereocenters. The van der Waals surface area contributed by atoms with Gasteiger partial charge in [-0.15, -0.1) is 0 Å². The van der Waals surface area contributed by atoms with Gasteiger partial charge in [-0.3, -0.25) is 9.98 Å². The number of rotatable bonds is 2. The first kappa shape index (κ1) is 13.5. The molecular weight excluding hydrogens is 260 g/mol. The number of aromatic nitrogens is 2. The van der Waals surface area contributed by atoms with Crippen LogP contribution in [0.1, 0.15) is 13.8 Å². The molecule has 1 aliphatic heterocycles. The lowest BCUT2D eigenvalue weighted by atomic mass is 10.1. The molecule has 0 fully saturated rings. The van der Waals surface area contributed by atoms with Crippen LogP contribution >= 0.6 is 11.6 Å². The maximum atomic E-state index is 6.00. The SMILES string of the molecule is C/C=C(Cl)\C=C1\C=CC(Nc2cnccn2)=NC1C. The lowest BCUT2D eigenvalue weighted by Gasteiger charge is -2.16. The highest BCUT2D eigenvalue weighted by atomic mass is 35.5. The molecule has 2 rings (SSSR count). The van der Waals surface area contributed by atoms with Crippen LogP contribution in [0.2, 0.25) is 0 Å². The number of halogens is 1. The van der Waals surface area contributed by atoms with Gasteiger partial charge < -0.3 is 5.32 Å². The molecule has 98 valence electrons. The molecule has 4 nitrogen and oxygen atoms in total. The van der Waals surface area contributed by atoms with Crippen molar-refractivity contribution in [2.75, 3.05) is 5.32 Å². The molecule has 1 aromatic rings. The Labute approximate surface area is 117 Å². The summed E-state index contributed by atoms with van der Waals surface area (Å²) in [5.74, 6) is 1.44. The van der Waals surface area contributed by atoms with Gasteiger partial charge in [0.2, 0.25) is 0 Å². The van der Waals surface area contributed by atoms with Crippen molar-refractivity contribution in [1.29, 1.82) is 0 Å². The summed E-state index contributed by atoms with van der Waals surface area (Å²) in [6.45, 7) is 3.93. The molecule has 2 heterocycles. The normalized spacial score (nSPS) is 21.4. The second-order valence-corrected chi connectivity index (χ2v) is 4.49. The summed E-state index contributed by atoms with van der Waals surface area (Å²) in [6.07, 6.45) is 12.6. The second-order valence-electron chi connectivity index (χ2n) is 4.06. The third kappa shape index (κ3) is 3.76. The summed E-state index contributed by atoms with van der Waals surface area (Å²) in [5.41, 5.74) is 1.08. The van der Waals surface area contributed by atoms with Gasteiger partial charge in [0.1, 0.15) is 11.7 Å². The zero-order chi connectivity index (χ0) is 13.7. The van der Waals surface area contributed by atoms with E-state index in [1.54, 1.807) is 18.6 Å². The van der Waals surface area contributed by atoms with Gasteiger partial charge in [-0.05, 0) is 31.6 Å². The van der Waals surface area contributed by atoms with Crippen LogP contribution in [0.15, 0.2) is 58.5 Å². The number of amidine groups is 1. The maximum absolute atomic E-state index is 6.00. The van der Waals surface area contributed by atoms with Crippen LogP contribution in [0.25, 0.3) is 0 Å². The van der Waals surface area contributed by atoms with E-state index in [2.05, 4.69) is 20.3 Å². The molecule has 19 heavy (non-hydrogen) atoms. The number of nitrogens with zero attached hydrogens (tertiary/aromatic N) is 3. The predicted octanol–water partition coefficient (Wildman–Crippen LogP) is 3.31. The summed E-state index contributed by atoms with van der Waals surface area (Å²) in [4.78, 5) is 12.7. The average molecular weight is 275 g/mol. The Balaban J connectivity index is 2.10. The van der Waals surface area contributed by atoms with E-state index in [1.165, 1.54) is 0 Å². The fourth-order valence-electron chi connectivity index (χ4n) is 1.62. The van der Waals surface area contributed by atoms with E-state index >= 15 is 0 Å². The zero-order valence-corrected chi connectivity index (χ0v) is 11.6. The van der Waals surface area contributed by atoms with Crippen molar-refractivity contribution in [2.45, 2.75) is 19.9 Å². The first-order chi connectivity index (χ1) is 9.19. The quantitative estimate of drug-likeness (QED) is 0.900. The molecule has 0 bridgehead atoms. The fraction of sp³-hybridized carbons (Fsp3) is 0.214. The largest absolute Gasteiger partial charge is 0.324 e. The molecule has 0 saturated carbocycles. The Hall–Kier alpha value is -1.94. The van der Waals surface area contributed by atoms with Crippen LogP contribution in [0.4, 0.5) is 5.82 Å². The number of hydrogen-bond acceptors (Lipinski definition) is 4. The number of aliphatic imine (C=N–C) groups is 1. The van der Waals surface area contributed by atoms with Crippen LogP contribution in [0.5, 0.6) is 0 Å². The molecule has 0 aromatic carbocycles. The minimum atomic E-state index is 0.0536. The van der Waals surface area contributed by atoms with Gasteiger partial charge in [0.15, 0.2) is 0 Å². The monoisotopic (exact) mass is 274 g/mol. The van der Waals surface area contributed by atoms with E-state index in [0.29, 0.717) is 10.9 Å². The molecule has 0 aliphatic carbocycles. The van der Waals surface area contributed by atoms with Gasteiger partial charge in [0.25, 0.3) is 0 Å². The van der Waals surface area contributed by atoms with Crippen LogP contribution in [-0.4, -0.2) is 21.8 Å². The van der Waals surface area contributed by atoms with E-state index in [9.17, 15) is 0 Å². The highest BCUT2D eigenvalue weighted by Crippen LogP contribution is 2.18. The van der Waals surface area contributed by atoms with Gasteiger partial charge in [0.05, 0.1) is 12.2 Å². The van der Waals surface area contributed by atoms with Gasteiger partial charge in [-0.2, -0.15) is 0 Å². The molecule has 1 aromatic heterocycles. The molecule has 1 aliphatic rings. The Bertz CT molecular complexity index is 558. The molecule has 1 N–H and O–H groups in total. The van der Waals surface area contributed by atoms with Gasteiger partial charge in [0, 0.05) is 17.4 Å². The lowest BCUT2D eigenvalue weighted by molar-refractivity contribution is 0.878. The number of dihydropyridines is 1. The van der Waals surface area contributed by atoms with E-state index in [1.807, 2.05) is 38.2 Å².